The molecule has 0 radical (unpaired) electrons. The van der Waals surface area contributed by atoms with E-state index in [9.17, 15) is 0 Å². The van der Waals surface area contributed by atoms with Crippen molar-refractivity contribution in [3.05, 3.63) is 24.2 Å². The van der Waals surface area contributed by atoms with Gasteiger partial charge in [-0.05, 0) is 24.5 Å². The zero-order chi connectivity index (χ0) is 12.3. The van der Waals surface area contributed by atoms with Crippen molar-refractivity contribution in [1.82, 2.24) is 10.2 Å². The third-order valence-electron chi connectivity index (χ3n) is 3.78. The van der Waals surface area contributed by atoms with Crippen molar-refractivity contribution < 1.29 is 4.42 Å². The summed E-state index contributed by atoms with van der Waals surface area (Å²) in [6.07, 6.45) is 2.96. The van der Waals surface area contributed by atoms with Crippen molar-refractivity contribution in [3.63, 3.8) is 0 Å². The molecular formula is C14H24N2O. The van der Waals surface area contributed by atoms with Crippen LogP contribution in [0.25, 0.3) is 0 Å². The Morgan fingerprint density at radius 1 is 1.53 bits per heavy atom. The lowest BCUT2D eigenvalue weighted by Gasteiger charge is -2.41. The van der Waals surface area contributed by atoms with Crippen LogP contribution in [0, 0.1) is 5.92 Å². The summed E-state index contributed by atoms with van der Waals surface area (Å²) in [7, 11) is 0. The Balaban J connectivity index is 1.99. The molecule has 1 aliphatic rings. The van der Waals surface area contributed by atoms with E-state index in [0.717, 1.165) is 25.4 Å². The van der Waals surface area contributed by atoms with Gasteiger partial charge in [0.25, 0.3) is 0 Å². The predicted octanol–water partition coefficient (Wildman–Crippen LogP) is 2.49. The smallest absolute Gasteiger partial charge is 0.117 e. The van der Waals surface area contributed by atoms with E-state index in [1.54, 1.807) is 6.26 Å². The average molecular weight is 236 g/mol. The highest BCUT2D eigenvalue weighted by Gasteiger charge is 2.28. The van der Waals surface area contributed by atoms with Gasteiger partial charge in [-0.2, -0.15) is 0 Å². The van der Waals surface area contributed by atoms with Crippen LogP contribution in [0.2, 0.25) is 0 Å². The molecular weight excluding hydrogens is 212 g/mol. The molecule has 2 heterocycles. The first-order valence-corrected chi connectivity index (χ1v) is 6.70. The molecule has 2 unspecified atom stereocenters. The van der Waals surface area contributed by atoms with Crippen molar-refractivity contribution >= 4 is 0 Å². The maximum Gasteiger partial charge on any atom is 0.117 e. The molecule has 0 aliphatic carbocycles. The molecule has 3 nitrogen and oxygen atoms in total. The van der Waals surface area contributed by atoms with Crippen LogP contribution >= 0.6 is 0 Å². The topological polar surface area (TPSA) is 28.4 Å². The van der Waals surface area contributed by atoms with Gasteiger partial charge >= 0.3 is 0 Å². The lowest BCUT2D eigenvalue weighted by Crippen LogP contribution is -2.57. The van der Waals surface area contributed by atoms with Gasteiger partial charge in [0, 0.05) is 25.2 Å². The van der Waals surface area contributed by atoms with E-state index >= 15 is 0 Å². The average Bonchev–Trinajstić information content (AvgIpc) is 2.81. The second-order valence-corrected chi connectivity index (χ2v) is 5.33. The van der Waals surface area contributed by atoms with Gasteiger partial charge in [0.05, 0.1) is 12.8 Å². The molecule has 1 aromatic rings. The van der Waals surface area contributed by atoms with E-state index in [1.165, 1.54) is 6.42 Å². The number of nitrogens with one attached hydrogen (secondary N) is 1. The van der Waals surface area contributed by atoms with E-state index in [-0.39, 0.29) is 0 Å². The minimum atomic E-state index is 0.604. The number of hydrogen-bond acceptors (Lipinski definition) is 3. The van der Waals surface area contributed by atoms with Crippen LogP contribution in [-0.4, -0.2) is 30.1 Å². The van der Waals surface area contributed by atoms with Crippen LogP contribution in [0.15, 0.2) is 22.8 Å². The van der Waals surface area contributed by atoms with Crippen LogP contribution in [0.1, 0.15) is 33.0 Å². The highest BCUT2D eigenvalue weighted by Crippen LogP contribution is 2.18. The molecule has 0 aromatic carbocycles. The van der Waals surface area contributed by atoms with Crippen molar-refractivity contribution in [2.24, 2.45) is 5.92 Å². The zero-order valence-electron chi connectivity index (χ0n) is 11.1. The summed E-state index contributed by atoms with van der Waals surface area (Å²) in [5.74, 6) is 1.76. The zero-order valence-corrected chi connectivity index (χ0v) is 11.1. The summed E-state index contributed by atoms with van der Waals surface area (Å²) in [6.45, 7) is 9.99. The van der Waals surface area contributed by atoms with Crippen LogP contribution < -0.4 is 5.32 Å². The van der Waals surface area contributed by atoms with Gasteiger partial charge < -0.3 is 9.73 Å². The SMILES string of the molecule is CCC1CNC(C(C)C)CN1Cc1ccco1. The quantitative estimate of drug-likeness (QED) is 0.870. The number of furan rings is 1. The Bertz CT molecular complexity index is 321. The fourth-order valence-corrected chi connectivity index (χ4v) is 2.53. The second kappa shape index (κ2) is 5.69. The first-order valence-electron chi connectivity index (χ1n) is 6.70. The minimum absolute atomic E-state index is 0.604. The molecule has 2 rings (SSSR count). The molecule has 2 atom stereocenters. The molecule has 1 aromatic heterocycles. The Morgan fingerprint density at radius 3 is 2.94 bits per heavy atom. The van der Waals surface area contributed by atoms with Crippen LogP contribution in [0.3, 0.4) is 0 Å². The van der Waals surface area contributed by atoms with Gasteiger partial charge in [0.15, 0.2) is 0 Å². The molecule has 0 saturated carbocycles. The van der Waals surface area contributed by atoms with Gasteiger partial charge in [-0.25, -0.2) is 0 Å². The highest BCUT2D eigenvalue weighted by atomic mass is 16.3. The third kappa shape index (κ3) is 3.11. The van der Waals surface area contributed by atoms with Gasteiger partial charge in [-0.1, -0.05) is 20.8 Å². The van der Waals surface area contributed by atoms with E-state index in [0.29, 0.717) is 18.0 Å². The molecule has 1 saturated heterocycles. The number of rotatable bonds is 4. The van der Waals surface area contributed by atoms with Gasteiger partial charge in [-0.3, -0.25) is 4.90 Å². The number of nitrogens with zero attached hydrogens (tertiary/aromatic N) is 1. The fraction of sp³-hybridized carbons (Fsp3) is 0.714. The van der Waals surface area contributed by atoms with Crippen molar-refractivity contribution in [3.8, 4) is 0 Å². The summed E-state index contributed by atoms with van der Waals surface area (Å²) in [4.78, 5) is 2.56. The van der Waals surface area contributed by atoms with Crippen molar-refractivity contribution in [2.75, 3.05) is 13.1 Å². The molecule has 1 aliphatic heterocycles. The summed E-state index contributed by atoms with van der Waals surface area (Å²) >= 11 is 0. The minimum Gasteiger partial charge on any atom is -0.468 e. The summed E-state index contributed by atoms with van der Waals surface area (Å²) < 4.78 is 5.46. The molecule has 96 valence electrons. The summed E-state index contributed by atoms with van der Waals surface area (Å²) in [6, 6.07) is 5.28. The maximum absolute atomic E-state index is 5.46. The van der Waals surface area contributed by atoms with Crippen LogP contribution in [-0.2, 0) is 6.54 Å². The second-order valence-electron chi connectivity index (χ2n) is 5.33. The summed E-state index contributed by atoms with van der Waals surface area (Å²) in [5.41, 5.74) is 0. The molecule has 1 N–H and O–H groups in total. The molecule has 1 fully saturated rings. The molecule has 0 bridgehead atoms. The fourth-order valence-electron chi connectivity index (χ4n) is 2.53. The summed E-state index contributed by atoms with van der Waals surface area (Å²) in [5, 5.41) is 3.66. The van der Waals surface area contributed by atoms with Crippen LogP contribution in [0.4, 0.5) is 0 Å². The number of piperazine rings is 1. The standard InChI is InChI=1S/C14H24N2O/c1-4-12-8-15-14(11(2)3)10-16(12)9-13-6-5-7-17-13/h5-7,11-12,14-15H,4,8-10H2,1-3H3. The van der Waals surface area contributed by atoms with Crippen molar-refractivity contribution in [2.45, 2.75) is 45.8 Å². The van der Waals surface area contributed by atoms with Gasteiger partial charge in [0.2, 0.25) is 0 Å². The molecule has 3 heteroatoms. The maximum atomic E-state index is 5.46. The Kier molecular flexibility index (Phi) is 4.24. The largest absolute Gasteiger partial charge is 0.468 e. The molecule has 0 amide bonds. The normalized spacial score (nSPS) is 26.6. The Labute approximate surface area is 104 Å². The van der Waals surface area contributed by atoms with Gasteiger partial charge in [0.1, 0.15) is 5.76 Å². The van der Waals surface area contributed by atoms with Gasteiger partial charge in [-0.15, -0.1) is 0 Å². The monoisotopic (exact) mass is 236 g/mol. The van der Waals surface area contributed by atoms with Crippen molar-refractivity contribution in [1.29, 1.82) is 0 Å². The van der Waals surface area contributed by atoms with E-state index in [2.05, 4.69) is 37.1 Å². The third-order valence-corrected chi connectivity index (χ3v) is 3.78. The lowest BCUT2D eigenvalue weighted by atomic mass is 9.98. The van der Waals surface area contributed by atoms with Crippen LogP contribution in [0.5, 0.6) is 0 Å². The van der Waals surface area contributed by atoms with E-state index in [4.69, 9.17) is 4.42 Å². The highest BCUT2D eigenvalue weighted by molar-refractivity contribution is 5.00. The first kappa shape index (κ1) is 12.7. The number of hydrogen-bond donors (Lipinski definition) is 1. The van der Waals surface area contributed by atoms with E-state index in [1.807, 2.05) is 6.07 Å². The Hall–Kier alpha value is -0.800. The molecule has 17 heavy (non-hydrogen) atoms. The first-order chi connectivity index (χ1) is 8.20. The molecule has 0 spiro atoms. The predicted molar refractivity (Wildman–Crippen MR) is 69.8 cm³/mol. The van der Waals surface area contributed by atoms with E-state index < -0.39 is 0 Å². The Morgan fingerprint density at radius 2 is 2.35 bits per heavy atom. The lowest BCUT2D eigenvalue weighted by molar-refractivity contribution is 0.0959.